The van der Waals surface area contributed by atoms with Gasteiger partial charge in [-0.3, -0.25) is 14.4 Å². The molecule has 1 N–H and O–H groups in total. The monoisotopic (exact) mass is 612 g/mol. The number of carbonyl (C=O) groups excluding carboxylic acids is 2. The summed E-state index contributed by atoms with van der Waals surface area (Å²) in [5.41, 5.74) is 2.20. The molecule has 2 saturated heterocycles. The summed E-state index contributed by atoms with van der Waals surface area (Å²) in [6.07, 6.45) is -0.486. The normalized spacial score (nSPS) is 21.6. The lowest BCUT2D eigenvalue weighted by molar-refractivity contribution is -0.185. The van der Waals surface area contributed by atoms with Gasteiger partial charge in [-0.15, -0.1) is 0 Å². The Kier molecular flexibility index (Phi) is 9.16. The number of rotatable bonds is 9. The predicted molar refractivity (Wildman–Crippen MR) is 157 cm³/mol. The molecule has 0 radical (unpaired) electrons. The largest absolute Gasteiger partial charge is 0.481 e. The van der Waals surface area contributed by atoms with Crippen molar-refractivity contribution in [2.75, 3.05) is 13.1 Å². The molecule has 7 nitrogen and oxygen atoms in total. The van der Waals surface area contributed by atoms with Crippen molar-refractivity contribution in [1.82, 2.24) is 9.80 Å². The number of nitrogens with zero attached hydrogens (tertiary/aromatic N) is 2. The van der Waals surface area contributed by atoms with Crippen molar-refractivity contribution in [1.29, 1.82) is 0 Å². The van der Waals surface area contributed by atoms with Crippen molar-refractivity contribution in [3.8, 4) is 0 Å². The molecule has 10 heteroatoms. The average molecular weight is 614 g/mol. The summed E-state index contributed by atoms with van der Waals surface area (Å²) in [7, 11) is 0. The van der Waals surface area contributed by atoms with Crippen LogP contribution in [0.2, 0.25) is 10.0 Å². The molecular formula is C32H31Cl2FN2O5. The van der Waals surface area contributed by atoms with Crippen LogP contribution in [-0.2, 0) is 25.5 Å². The summed E-state index contributed by atoms with van der Waals surface area (Å²) in [5, 5.41) is 10.4. The molecule has 0 aromatic heterocycles. The number of carboxylic acid groups (broad SMARTS) is 1. The number of amides is 2. The maximum Gasteiger partial charge on any atom is 0.310 e. The van der Waals surface area contributed by atoms with Crippen LogP contribution >= 0.6 is 23.2 Å². The first-order valence-corrected chi connectivity index (χ1v) is 14.7. The smallest absolute Gasteiger partial charge is 0.310 e. The van der Waals surface area contributed by atoms with Gasteiger partial charge in [-0.25, -0.2) is 4.39 Å². The Bertz CT molecular complexity index is 1430. The fourth-order valence-electron chi connectivity index (χ4n) is 5.67. The highest BCUT2D eigenvalue weighted by Gasteiger charge is 2.50. The molecule has 2 aliphatic rings. The van der Waals surface area contributed by atoms with Crippen molar-refractivity contribution >= 4 is 41.0 Å². The zero-order chi connectivity index (χ0) is 30.0. The van der Waals surface area contributed by atoms with Crippen LogP contribution in [0.5, 0.6) is 0 Å². The van der Waals surface area contributed by atoms with E-state index in [1.54, 1.807) is 41.3 Å². The first-order chi connectivity index (χ1) is 20.2. The van der Waals surface area contributed by atoms with Crippen LogP contribution in [0, 0.1) is 11.7 Å². The average Bonchev–Trinajstić information content (AvgIpc) is 2.94. The second-order valence-electron chi connectivity index (χ2n) is 10.8. The van der Waals surface area contributed by atoms with Gasteiger partial charge in [-0.1, -0.05) is 72.9 Å². The number of likely N-dealkylation sites (tertiary alicyclic amines) is 1. The Morgan fingerprint density at radius 1 is 0.952 bits per heavy atom. The number of halogens is 3. The number of aliphatic carboxylic acids is 1. The Morgan fingerprint density at radius 3 is 2.07 bits per heavy atom. The second-order valence-corrected chi connectivity index (χ2v) is 11.6. The zero-order valence-electron chi connectivity index (χ0n) is 23.0. The van der Waals surface area contributed by atoms with Crippen LogP contribution in [0.15, 0.2) is 72.8 Å². The second kappa shape index (κ2) is 12.8. The van der Waals surface area contributed by atoms with E-state index in [1.807, 2.05) is 31.2 Å². The maximum absolute atomic E-state index is 14.4. The first kappa shape index (κ1) is 30.0. The molecule has 220 valence electrons. The molecule has 4 atom stereocenters. The molecule has 0 spiro atoms. The van der Waals surface area contributed by atoms with Gasteiger partial charge >= 0.3 is 5.97 Å². The van der Waals surface area contributed by atoms with Crippen LogP contribution < -0.4 is 0 Å². The third kappa shape index (κ3) is 6.31. The van der Waals surface area contributed by atoms with E-state index < -0.39 is 36.2 Å². The molecule has 0 saturated carbocycles. The molecule has 0 bridgehead atoms. The topological polar surface area (TPSA) is 87.2 Å². The molecule has 3 aromatic carbocycles. The molecular weight excluding hydrogens is 582 g/mol. The lowest BCUT2D eigenvalue weighted by Crippen LogP contribution is -2.63. The van der Waals surface area contributed by atoms with Gasteiger partial charge < -0.3 is 19.6 Å². The first-order valence-electron chi connectivity index (χ1n) is 13.9. The molecule has 42 heavy (non-hydrogen) atoms. The molecule has 0 unspecified atom stereocenters. The molecule has 2 amide bonds. The van der Waals surface area contributed by atoms with Crippen LogP contribution in [0.3, 0.4) is 0 Å². The molecule has 0 aliphatic carbocycles. The summed E-state index contributed by atoms with van der Waals surface area (Å²) < 4.78 is 20.2. The number of hydrogen-bond acceptors (Lipinski definition) is 4. The van der Waals surface area contributed by atoms with Crippen LogP contribution in [0.25, 0.3) is 0 Å². The number of hydrogen-bond donors (Lipinski definition) is 1. The highest BCUT2D eigenvalue weighted by molar-refractivity contribution is 6.30. The zero-order valence-corrected chi connectivity index (χ0v) is 24.5. The Labute approximate surface area is 253 Å². The quantitative estimate of drug-likeness (QED) is 0.316. The van der Waals surface area contributed by atoms with Gasteiger partial charge in [0.05, 0.1) is 12.0 Å². The van der Waals surface area contributed by atoms with E-state index >= 15 is 0 Å². The van der Waals surface area contributed by atoms with Crippen molar-refractivity contribution < 1.29 is 28.6 Å². The third-order valence-electron chi connectivity index (χ3n) is 7.90. The van der Waals surface area contributed by atoms with Gasteiger partial charge in [0.1, 0.15) is 24.1 Å². The minimum absolute atomic E-state index is 0.0954. The molecule has 2 fully saturated rings. The van der Waals surface area contributed by atoms with Gasteiger partial charge in [0.15, 0.2) is 0 Å². The molecule has 3 aromatic rings. The fourth-order valence-corrected chi connectivity index (χ4v) is 5.92. The number of carboxylic acids is 1. The summed E-state index contributed by atoms with van der Waals surface area (Å²) in [5.74, 6) is -2.63. The SMILES string of the molecule is CCC[C@@H](C(=O)N1CC(C(=O)O)C1)N1C(=O)[C@@H](Cc2ccc(F)cc2)O[C@H](c2ccc(Cl)cc2)[C@@H]1c1ccc(Cl)cc1. The van der Waals surface area contributed by atoms with E-state index in [-0.39, 0.29) is 37.1 Å². The minimum Gasteiger partial charge on any atom is -0.481 e. The Hall–Kier alpha value is -3.46. The number of carbonyl (C=O) groups is 3. The van der Waals surface area contributed by atoms with Crippen molar-refractivity contribution in [2.24, 2.45) is 5.92 Å². The standard InChI is InChI=1S/C32H31Cl2FN2O5/c1-2-3-26(30(38)36-17-22(18-36)32(40)41)37-28(20-6-10-23(33)11-7-20)29(21-8-12-24(34)13-9-21)42-27(31(37)39)16-19-4-14-25(35)15-5-19/h4-15,22,26-29H,2-3,16-18H2,1H3,(H,40,41)/t26-,27+,28-,29+/m0/s1. The molecule has 5 rings (SSSR count). The van der Waals surface area contributed by atoms with Crippen molar-refractivity contribution in [3.63, 3.8) is 0 Å². The third-order valence-corrected chi connectivity index (χ3v) is 8.40. The lowest BCUT2D eigenvalue weighted by Gasteiger charge is -2.49. The summed E-state index contributed by atoms with van der Waals surface area (Å²) >= 11 is 12.4. The van der Waals surface area contributed by atoms with Gasteiger partial charge in [0.25, 0.3) is 5.91 Å². The fraction of sp³-hybridized carbons (Fsp3) is 0.344. The van der Waals surface area contributed by atoms with Gasteiger partial charge in [0, 0.05) is 29.6 Å². The maximum atomic E-state index is 14.4. The molecule has 2 aliphatic heterocycles. The van der Waals surface area contributed by atoms with E-state index in [4.69, 9.17) is 27.9 Å². The highest BCUT2D eigenvalue weighted by Crippen LogP contribution is 2.45. The number of ether oxygens (including phenoxy) is 1. The van der Waals surface area contributed by atoms with E-state index in [0.29, 0.717) is 28.5 Å². The van der Waals surface area contributed by atoms with Crippen molar-refractivity contribution in [3.05, 3.63) is 105 Å². The van der Waals surface area contributed by atoms with Crippen LogP contribution in [0.1, 0.15) is 48.6 Å². The Balaban J connectivity index is 1.60. The Morgan fingerprint density at radius 2 is 1.52 bits per heavy atom. The van der Waals surface area contributed by atoms with E-state index in [0.717, 1.165) is 11.1 Å². The number of morpholine rings is 1. The van der Waals surface area contributed by atoms with Crippen LogP contribution in [0.4, 0.5) is 4.39 Å². The molecule has 2 heterocycles. The number of benzene rings is 3. The van der Waals surface area contributed by atoms with E-state index in [2.05, 4.69) is 0 Å². The van der Waals surface area contributed by atoms with Gasteiger partial charge in [-0.2, -0.15) is 0 Å². The van der Waals surface area contributed by atoms with Crippen molar-refractivity contribution in [2.45, 2.75) is 50.5 Å². The minimum atomic E-state index is -0.963. The van der Waals surface area contributed by atoms with E-state index in [9.17, 15) is 23.9 Å². The summed E-state index contributed by atoms with van der Waals surface area (Å²) in [6, 6.07) is 18.6. The van der Waals surface area contributed by atoms with Crippen LogP contribution in [-0.4, -0.2) is 57.9 Å². The van der Waals surface area contributed by atoms with E-state index in [1.165, 1.54) is 17.0 Å². The van der Waals surface area contributed by atoms with Gasteiger partial charge in [0.2, 0.25) is 5.91 Å². The highest BCUT2D eigenvalue weighted by atomic mass is 35.5. The summed E-state index contributed by atoms with van der Waals surface area (Å²) in [6.45, 7) is 2.13. The predicted octanol–water partition coefficient (Wildman–Crippen LogP) is 6.10. The summed E-state index contributed by atoms with van der Waals surface area (Å²) in [4.78, 5) is 43.0. The van der Waals surface area contributed by atoms with Gasteiger partial charge in [-0.05, 0) is 59.5 Å². The lowest BCUT2D eigenvalue weighted by atomic mass is 9.88.